The Morgan fingerprint density at radius 2 is 1.74 bits per heavy atom. The Morgan fingerprint density at radius 1 is 1.04 bits per heavy atom. The van der Waals surface area contributed by atoms with E-state index in [1.54, 1.807) is 12.1 Å². The second kappa shape index (κ2) is 9.27. The summed E-state index contributed by atoms with van der Waals surface area (Å²) in [6, 6.07) is 8.84. The van der Waals surface area contributed by atoms with Crippen molar-refractivity contribution in [2.24, 2.45) is 0 Å². The van der Waals surface area contributed by atoms with E-state index in [0.717, 1.165) is 12.1 Å². The lowest BCUT2D eigenvalue weighted by Gasteiger charge is -2.08. The maximum atomic E-state index is 13.4. The van der Waals surface area contributed by atoms with Crippen LogP contribution in [-0.4, -0.2) is 38.0 Å². The fraction of sp³-hybridized carbons (Fsp3) is 0.167. The highest BCUT2D eigenvalue weighted by Crippen LogP contribution is 2.14. The van der Waals surface area contributed by atoms with E-state index in [2.05, 4.69) is 15.4 Å². The maximum Gasteiger partial charge on any atom is 0.325 e. The van der Waals surface area contributed by atoms with E-state index >= 15 is 0 Å². The lowest BCUT2D eigenvalue weighted by Crippen LogP contribution is -2.32. The average Bonchev–Trinajstić information content (AvgIpc) is 2.66. The van der Waals surface area contributed by atoms with Crippen molar-refractivity contribution in [2.75, 3.05) is 25.6 Å². The summed E-state index contributed by atoms with van der Waals surface area (Å²) in [6.45, 7) is -1.14. The smallest absolute Gasteiger partial charge is 0.325 e. The van der Waals surface area contributed by atoms with Gasteiger partial charge in [-0.2, -0.15) is 0 Å². The zero-order chi connectivity index (χ0) is 19.8. The molecule has 0 unspecified atom stereocenters. The van der Waals surface area contributed by atoms with Crippen molar-refractivity contribution in [3.05, 3.63) is 59.7 Å². The molecule has 0 heterocycles. The van der Waals surface area contributed by atoms with Gasteiger partial charge in [-0.15, -0.1) is 0 Å². The van der Waals surface area contributed by atoms with Crippen LogP contribution in [0.4, 0.5) is 14.5 Å². The summed E-state index contributed by atoms with van der Waals surface area (Å²) in [7, 11) is 1.49. The number of amides is 2. The highest BCUT2D eigenvalue weighted by Gasteiger charge is 2.12. The minimum absolute atomic E-state index is 0.245. The van der Waals surface area contributed by atoms with Crippen LogP contribution in [0.1, 0.15) is 10.4 Å². The van der Waals surface area contributed by atoms with Crippen LogP contribution < -0.4 is 15.4 Å². The molecule has 0 atom stereocenters. The van der Waals surface area contributed by atoms with Gasteiger partial charge >= 0.3 is 5.97 Å². The van der Waals surface area contributed by atoms with Crippen LogP contribution in [0.15, 0.2) is 42.5 Å². The molecule has 2 rings (SSSR count). The zero-order valence-corrected chi connectivity index (χ0v) is 14.3. The average molecular weight is 378 g/mol. The number of methoxy groups -OCH3 is 1. The van der Waals surface area contributed by atoms with Crippen molar-refractivity contribution in [2.45, 2.75) is 0 Å². The Kier molecular flexibility index (Phi) is 6.81. The summed E-state index contributed by atoms with van der Waals surface area (Å²) in [4.78, 5) is 35.1. The van der Waals surface area contributed by atoms with Gasteiger partial charge < -0.3 is 20.1 Å². The molecule has 0 fully saturated rings. The molecule has 142 valence electrons. The molecule has 2 amide bonds. The van der Waals surface area contributed by atoms with Crippen molar-refractivity contribution in [1.82, 2.24) is 5.32 Å². The summed E-state index contributed by atoms with van der Waals surface area (Å²) < 4.78 is 35.8. The lowest BCUT2D eigenvalue weighted by molar-refractivity contribution is -0.146. The molecule has 0 aromatic heterocycles. The number of benzene rings is 2. The molecule has 9 heteroatoms. The maximum absolute atomic E-state index is 13.4. The summed E-state index contributed by atoms with van der Waals surface area (Å²) in [5, 5.41) is 4.47. The SMILES string of the molecule is COc1ccc(C(=O)NCC(=O)OCC(=O)Nc2ccc(F)cc2F)cc1. The van der Waals surface area contributed by atoms with Crippen molar-refractivity contribution < 1.29 is 32.6 Å². The Bertz CT molecular complexity index is 840. The van der Waals surface area contributed by atoms with Crippen LogP contribution >= 0.6 is 0 Å². The molecule has 0 bridgehead atoms. The number of nitrogens with one attached hydrogen (secondary N) is 2. The molecule has 0 saturated carbocycles. The van der Waals surface area contributed by atoms with Crippen LogP contribution in [0.3, 0.4) is 0 Å². The number of carbonyl (C=O) groups is 3. The first kappa shape index (κ1) is 19.8. The minimum Gasteiger partial charge on any atom is -0.497 e. The molecule has 0 spiro atoms. The monoisotopic (exact) mass is 378 g/mol. The summed E-state index contributed by atoms with van der Waals surface area (Å²) in [6.07, 6.45) is 0. The van der Waals surface area contributed by atoms with Gasteiger partial charge in [0.05, 0.1) is 12.8 Å². The molecule has 2 N–H and O–H groups in total. The van der Waals surface area contributed by atoms with Crippen molar-refractivity contribution in [3.8, 4) is 5.75 Å². The lowest BCUT2D eigenvalue weighted by atomic mass is 10.2. The molecule has 7 nitrogen and oxygen atoms in total. The third kappa shape index (κ3) is 6.07. The van der Waals surface area contributed by atoms with E-state index in [1.807, 2.05) is 0 Å². The van der Waals surface area contributed by atoms with Crippen LogP contribution in [0.5, 0.6) is 5.75 Å². The van der Waals surface area contributed by atoms with E-state index in [9.17, 15) is 23.2 Å². The number of halogens is 2. The first-order valence-corrected chi connectivity index (χ1v) is 7.72. The minimum atomic E-state index is -0.957. The molecule has 2 aromatic carbocycles. The number of hydrogen-bond acceptors (Lipinski definition) is 5. The first-order valence-electron chi connectivity index (χ1n) is 7.72. The number of hydrogen-bond donors (Lipinski definition) is 2. The number of anilines is 1. The molecule has 0 aliphatic rings. The molecule has 2 aromatic rings. The Labute approximate surface area is 153 Å². The molecule has 0 saturated heterocycles. The molecule has 0 aliphatic carbocycles. The Hall–Kier alpha value is -3.49. The number of rotatable bonds is 7. The number of carbonyl (C=O) groups excluding carboxylic acids is 3. The van der Waals surface area contributed by atoms with E-state index < -0.39 is 42.6 Å². The number of ether oxygens (including phenoxy) is 2. The largest absolute Gasteiger partial charge is 0.497 e. The van der Waals surface area contributed by atoms with Gasteiger partial charge in [-0.3, -0.25) is 14.4 Å². The topological polar surface area (TPSA) is 93.7 Å². The summed E-state index contributed by atoms with van der Waals surface area (Å²) in [5.41, 5.74) is 0.0679. The predicted molar refractivity (Wildman–Crippen MR) is 91.3 cm³/mol. The van der Waals surface area contributed by atoms with Crippen LogP contribution in [0.2, 0.25) is 0 Å². The summed E-state index contributed by atoms with van der Waals surface area (Å²) >= 11 is 0. The fourth-order valence-electron chi connectivity index (χ4n) is 1.97. The second-order valence-electron chi connectivity index (χ2n) is 5.24. The van der Waals surface area contributed by atoms with Crippen LogP contribution in [0, 0.1) is 11.6 Å². The Morgan fingerprint density at radius 3 is 2.37 bits per heavy atom. The van der Waals surface area contributed by atoms with Gasteiger partial charge in [0.25, 0.3) is 11.8 Å². The van der Waals surface area contributed by atoms with Crippen LogP contribution in [0.25, 0.3) is 0 Å². The third-order valence-corrected chi connectivity index (χ3v) is 3.31. The standard InChI is InChI=1S/C18H16F2N2O5/c1-26-13-5-2-11(3-6-13)18(25)21-9-17(24)27-10-16(23)22-15-7-4-12(19)8-14(15)20/h2-8H,9-10H2,1H3,(H,21,25)(H,22,23). The highest BCUT2D eigenvalue weighted by atomic mass is 19.1. The fourth-order valence-corrected chi connectivity index (χ4v) is 1.97. The molecule has 0 aliphatic heterocycles. The summed E-state index contributed by atoms with van der Waals surface area (Å²) in [5.74, 6) is -3.34. The quantitative estimate of drug-likeness (QED) is 0.718. The van der Waals surface area contributed by atoms with Crippen molar-refractivity contribution in [3.63, 3.8) is 0 Å². The van der Waals surface area contributed by atoms with Gasteiger partial charge in [0.1, 0.15) is 23.9 Å². The van der Waals surface area contributed by atoms with Crippen molar-refractivity contribution in [1.29, 1.82) is 0 Å². The predicted octanol–water partition coefficient (Wildman–Crippen LogP) is 1.89. The van der Waals surface area contributed by atoms with Gasteiger partial charge in [0.15, 0.2) is 6.61 Å². The van der Waals surface area contributed by atoms with E-state index in [1.165, 1.54) is 19.2 Å². The van der Waals surface area contributed by atoms with Gasteiger partial charge in [0, 0.05) is 11.6 Å². The number of esters is 1. The van der Waals surface area contributed by atoms with Gasteiger partial charge in [0.2, 0.25) is 0 Å². The first-order chi connectivity index (χ1) is 12.9. The molecule has 27 heavy (non-hydrogen) atoms. The van der Waals surface area contributed by atoms with E-state index in [-0.39, 0.29) is 5.69 Å². The van der Waals surface area contributed by atoms with Gasteiger partial charge in [-0.1, -0.05) is 0 Å². The van der Waals surface area contributed by atoms with E-state index in [0.29, 0.717) is 17.4 Å². The van der Waals surface area contributed by atoms with E-state index in [4.69, 9.17) is 4.74 Å². The third-order valence-electron chi connectivity index (χ3n) is 3.31. The second-order valence-corrected chi connectivity index (χ2v) is 5.24. The molecular formula is C18H16F2N2O5. The van der Waals surface area contributed by atoms with Gasteiger partial charge in [-0.05, 0) is 36.4 Å². The van der Waals surface area contributed by atoms with Gasteiger partial charge in [-0.25, -0.2) is 8.78 Å². The normalized spacial score (nSPS) is 10.0. The zero-order valence-electron chi connectivity index (χ0n) is 14.3. The van der Waals surface area contributed by atoms with Crippen LogP contribution in [-0.2, 0) is 14.3 Å². The Balaban J connectivity index is 1.74. The molecule has 0 radical (unpaired) electrons. The van der Waals surface area contributed by atoms with Crippen molar-refractivity contribution >= 4 is 23.5 Å². The highest BCUT2D eigenvalue weighted by molar-refractivity contribution is 5.96. The molecular weight excluding hydrogens is 362 g/mol.